The lowest BCUT2D eigenvalue weighted by Crippen LogP contribution is -1.93. The van der Waals surface area contributed by atoms with E-state index >= 15 is 0 Å². The normalized spacial score (nSPS) is 47.2. The van der Waals surface area contributed by atoms with Crippen molar-refractivity contribution in [2.75, 3.05) is 0 Å². The molecule has 0 aromatic rings. The van der Waals surface area contributed by atoms with E-state index < -0.39 is 0 Å². The Morgan fingerprint density at radius 2 is 2.00 bits per heavy atom. The van der Waals surface area contributed by atoms with E-state index in [2.05, 4.69) is 0 Å². The maximum atomic E-state index is 5.54. The number of epoxide rings is 1. The number of rotatable bonds is 1. The van der Waals surface area contributed by atoms with Crippen LogP contribution in [0.2, 0.25) is 0 Å². The van der Waals surface area contributed by atoms with Crippen molar-refractivity contribution in [3.8, 4) is 0 Å². The molecule has 0 radical (unpaired) electrons. The maximum absolute atomic E-state index is 5.54. The van der Waals surface area contributed by atoms with E-state index in [-0.39, 0.29) is 0 Å². The summed E-state index contributed by atoms with van der Waals surface area (Å²) in [6.45, 7) is 0. The predicted molar refractivity (Wildman–Crippen MR) is 29.6 cm³/mol. The summed E-state index contributed by atoms with van der Waals surface area (Å²) in [5.74, 6) is 0.998. The molecule has 1 unspecified atom stereocenters. The first-order valence-corrected chi connectivity index (χ1v) is 3.59. The Hall–Kier alpha value is -0.0400. The highest BCUT2D eigenvalue weighted by Crippen LogP contribution is 2.63. The van der Waals surface area contributed by atoms with Gasteiger partial charge in [0.25, 0.3) is 0 Å². The Balaban J connectivity index is 1.78. The van der Waals surface area contributed by atoms with Crippen LogP contribution in [0.3, 0.4) is 0 Å². The van der Waals surface area contributed by atoms with Gasteiger partial charge in [-0.15, -0.1) is 0 Å². The number of hydrogen-bond donors (Lipinski definition) is 0. The van der Waals surface area contributed by atoms with Crippen LogP contribution in [0.15, 0.2) is 0 Å². The quantitative estimate of drug-likeness (QED) is 0.464. The molecule has 1 spiro atoms. The molecule has 3 aliphatic rings. The van der Waals surface area contributed by atoms with Gasteiger partial charge in [-0.2, -0.15) is 0 Å². The lowest BCUT2D eigenvalue weighted by Gasteiger charge is -1.78. The van der Waals surface area contributed by atoms with Crippen LogP contribution in [-0.4, -0.2) is 11.7 Å². The smallest absolute Gasteiger partial charge is 0.0953 e. The van der Waals surface area contributed by atoms with Gasteiger partial charge >= 0.3 is 0 Å². The molecule has 2 saturated carbocycles. The Morgan fingerprint density at radius 1 is 1.25 bits per heavy atom. The third kappa shape index (κ3) is 0.334. The van der Waals surface area contributed by atoms with Crippen molar-refractivity contribution in [3.63, 3.8) is 0 Å². The first-order valence-electron chi connectivity index (χ1n) is 3.59. The van der Waals surface area contributed by atoms with Crippen LogP contribution < -0.4 is 0 Å². The van der Waals surface area contributed by atoms with Gasteiger partial charge in [-0.1, -0.05) is 0 Å². The van der Waals surface area contributed by atoms with Gasteiger partial charge in [0.15, 0.2) is 0 Å². The Labute approximate surface area is 49.0 Å². The fourth-order valence-electron chi connectivity index (χ4n) is 1.67. The second kappa shape index (κ2) is 0.860. The maximum Gasteiger partial charge on any atom is 0.0953 e. The van der Waals surface area contributed by atoms with Crippen LogP contribution in [0.5, 0.6) is 0 Å². The standard InChI is InChI=1S/C7H10O/c1-2-5(1)6-7(8-6)3-4-7/h5-6H,1-4H2. The summed E-state index contributed by atoms with van der Waals surface area (Å²) in [5, 5.41) is 0. The third-order valence-corrected chi connectivity index (χ3v) is 2.62. The monoisotopic (exact) mass is 110 g/mol. The first kappa shape index (κ1) is 3.89. The molecule has 0 amide bonds. The molecule has 3 rings (SSSR count). The summed E-state index contributed by atoms with van der Waals surface area (Å²) >= 11 is 0. The molecule has 0 bridgehead atoms. The molecule has 1 heterocycles. The molecule has 3 fully saturated rings. The second-order valence-electron chi connectivity index (χ2n) is 3.44. The molecule has 1 atom stereocenters. The van der Waals surface area contributed by atoms with Gasteiger partial charge in [-0.25, -0.2) is 0 Å². The fourth-order valence-corrected chi connectivity index (χ4v) is 1.67. The van der Waals surface area contributed by atoms with Gasteiger partial charge in [0.2, 0.25) is 0 Å². The van der Waals surface area contributed by atoms with E-state index in [1.54, 1.807) is 0 Å². The van der Waals surface area contributed by atoms with E-state index in [4.69, 9.17) is 4.74 Å². The summed E-state index contributed by atoms with van der Waals surface area (Å²) in [5.41, 5.74) is 0.501. The molecule has 8 heavy (non-hydrogen) atoms. The summed E-state index contributed by atoms with van der Waals surface area (Å²) in [7, 11) is 0. The van der Waals surface area contributed by atoms with Crippen molar-refractivity contribution in [3.05, 3.63) is 0 Å². The SMILES string of the molecule is C1CC1C1OC12CC2. The van der Waals surface area contributed by atoms with E-state index in [0.29, 0.717) is 5.60 Å². The zero-order valence-corrected chi connectivity index (χ0v) is 4.89. The minimum Gasteiger partial charge on any atom is -0.366 e. The van der Waals surface area contributed by atoms with Gasteiger partial charge in [0, 0.05) is 0 Å². The van der Waals surface area contributed by atoms with Crippen molar-refractivity contribution >= 4 is 0 Å². The highest BCUT2D eigenvalue weighted by molar-refractivity contribution is 5.18. The van der Waals surface area contributed by atoms with Crippen molar-refractivity contribution in [2.24, 2.45) is 5.92 Å². The summed E-state index contributed by atoms with van der Waals surface area (Å²) in [4.78, 5) is 0. The van der Waals surface area contributed by atoms with Crippen LogP contribution in [0, 0.1) is 5.92 Å². The van der Waals surface area contributed by atoms with E-state index in [1.165, 1.54) is 25.7 Å². The average Bonchev–Trinajstić information content (AvgIpc) is 2.62. The van der Waals surface area contributed by atoms with Crippen LogP contribution >= 0.6 is 0 Å². The molecule has 1 saturated heterocycles. The van der Waals surface area contributed by atoms with Gasteiger partial charge in [-0.3, -0.25) is 0 Å². The molecule has 0 aromatic heterocycles. The van der Waals surface area contributed by atoms with Crippen molar-refractivity contribution < 1.29 is 4.74 Å². The van der Waals surface area contributed by atoms with Gasteiger partial charge in [-0.05, 0) is 31.6 Å². The zero-order chi connectivity index (χ0) is 5.19. The molecular weight excluding hydrogens is 100 g/mol. The number of ether oxygens (including phenoxy) is 1. The van der Waals surface area contributed by atoms with Crippen LogP contribution in [0.25, 0.3) is 0 Å². The van der Waals surface area contributed by atoms with Crippen LogP contribution in [-0.2, 0) is 4.74 Å². The summed E-state index contributed by atoms with van der Waals surface area (Å²) in [6.07, 6.45) is 6.38. The topological polar surface area (TPSA) is 12.5 Å². The Morgan fingerprint density at radius 3 is 2.38 bits per heavy atom. The van der Waals surface area contributed by atoms with E-state index in [1.807, 2.05) is 0 Å². The molecule has 2 aliphatic carbocycles. The van der Waals surface area contributed by atoms with E-state index in [0.717, 1.165) is 12.0 Å². The molecule has 1 heteroatoms. The van der Waals surface area contributed by atoms with E-state index in [9.17, 15) is 0 Å². The molecule has 0 aromatic carbocycles. The predicted octanol–water partition coefficient (Wildman–Crippen LogP) is 1.33. The molecule has 1 aliphatic heterocycles. The van der Waals surface area contributed by atoms with Crippen LogP contribution in [0.1, 0.15) is 25.7 Å². The largest absolute Gasteiger partial charge is 0.366 e. The molecule has 1 nitrogen and oxygen atoms in total. The fraction of sp³-hybridized carbons (Fsp3) is 1.00. The molecular formula is C7H10O. The lowest BCUT2D eigenvalue weighted by molar-refractivity contribution is 0.350. The lowest BCUT2D eigenvalue weighted by atomic mass is 10.2. The molecule has 0 N–H and O–H groups in total. The zero-order valence-electron chi connectivity index (χ0n) is 4.89. The van der Waals surface area contributed by atoms with Crippen molar-refractivity contribution in [1.29, 1.82) is 0 Å². The van der Waals surface area contributed by atoms with Gasteiger partial charge in [0.1, 0.15) is 0 Å². The Bertz CT molecular complexity index is 133. The van der Waals surface area contributed by atoms with Crippen molar-refractivity contribution in [2.45, 2.75) is 37.4 Å². The van der Waals surface area contributed by atoms with Gasteiger partial charge < -0.3 is 4.74 Å². The second-order valence-corrected chi connectivity index (χ2v) is 3.44. The number of hydrogen-bond acceptors (Lipinski definition) is 1. The van der Waals surface area contributed by atoms with Gasteiger partial charge in [0.05, 0.1) is 11.7 Å². The highest BCUT2D eigenvalue weighted by atomic mass is 16.6. The Kier molecular flexibility index (Phi) is 0.418. The summed E-state index contributed by atoms with van der Waals surface area (Å²) in [6, 6.07) is 0. The highest BCUT2D eigenvalue weighted by Gasteiger charge is 2.69. The molecule has 44 valence electrons. The minimum absolute atomic E-state index is 0.501. The minimum atomic E-state index is 0.501. The summed E-state index contributed by atoms with van der Waals surface area (Å²) < 4.78 is 5.54. The van der Waals surface area contributed by atoms with Crippen LogP contribution in [0.4, 0.5) is 0 Å². The third-order valence-electron chi connectivity index (χ3n) is 2.62. The average molecular weight is 110 g/mol. The van der Waals surface area contributed by atoms with Crippen molar-refractivity contribution in [1.82, 2.24) is 0 Å². The first-order chi connectivity index (χ1) is 3.91.